The van der Waals surface area contributed by atoms with Crippen molar-refractivity contribution in [3.63, 3.8) is 0 Å². The number of benzene rings is 1. The van der Waals surface area contributed by atoms with Crippen molar-refractivity contribution in [3.05, 3.63) is 29.3 Å². The molecule has 1 heterocycles. The van der Waals surface area contributed by atoms with Crippen molar-refractivity contribution < 1.29 is 4.74 Å². The van der Waals surface area contributed by atoms with Gasteiger partial charge in [0.05, 0.1) is 6.61 Å². The maximum atomic E-state index is 5.48. The second-order valence-electron chi connectivity index (χ2n) is 5.14. The predicted octanol–water partition coefficient (Wildman–Crippen LogP) is 2.51. The highest BCUT2D eigenvalue weighted by atomic mass is 16.5. The zero-order chi connectivity index (χ0) is 10.9. The molecule has 0 bridgehead atoms. The number of nitrogens with one attached hydrogen (secondary N) is 1. The minimum absolute atomic E-state index is 0.176. The molecule has 0 unspecified atom stereocenters. The lowest BCUT2D eigenvalue weighted by Crippen LogP contribution is -2.35. The Hall–Kier alpha value is -1.02. The molecule has 0 fully saturated rings. The van der Waals surface area contributed by atoms with Gasteiger partial charge in [-0.05, 0) is 38.0 Å². The molecule has 82 valence electrons. The van der Waals surface area contributed by atoms with Crippen LogP contribution < -0.4 is 10.1 Å². The van der Waals surface area contributed by atoms with Gasteiger partial charge in [0.25, 0.3) is 0 Å². The van der Waals surface area contributed by atoms with E-state index in [4.69, 9.17) is 4.74 Å². The summed E-state index contributed by atoms with van der Waals surface area (Å²) >= 11 is 0. The molecular formula is C13H19NO. The van der Waals surface area contributed by atoms with Crippen LogP contribution in [0.2, 0.25) is 0 Å². The Balaban J connectivity index is 2.04. The molecule has 15 heavy (non-hydrogen) atoms. The molecule has 1 aromatic rings. The van der Waals surface area contributed by atoms with E-state index in [1.54, 1.807) is 0 Å². The highest BCUT2D eigenvalue weighted by Gasteiger charge is 2.13. The molecule has 2 rings (SSSR count). The summed E-state index contributed by atoms with van der Waals surface area (Å²) in [4.78, 5) is 0. The molecule has 0 atom stereocenters. The van der Waals surface area contributed by atoms with Gasteiger partial charge in [-0.2, -0.15) is 0 Å². The van der Waals surface area contributed by atoms with E-state index in [0.717, 1.165) is 25.3 Å². The van der Waals surface area contributed by atoms with Crippen LogP contribution >= 0.6 is 0 Å². The highest BCUT2D eigenvalue weighted by molar-refractivity contribution is 5.39. The highest BCUT2D eigenvalue weighted by Crippen LogP contribution is 2.25. The van der Waals surface area contributed by atoms with E-state index in [1.165, 1.54) is 11.1 Å². The molecule has 0 radical (unpaired) electrons. The van der Waals surface area contributed by atoms with Gasteiger partial charge in [-0.25, -0.2) is 0 Å². The standard InChI is InChI=1S/C13H19NO/c1-13(2,3)14-9-10-4-5-12-11(8-10)6-7-15-12/h4-5,8,14H,6-7,9H2,1-3H3. The quantitative estimate of drug-likeness (QED) is 0.801. The van der Waals surface area contributed by atoms with Crippen LogP contribution in [-0.2, 0) is 13.0 Å². The second-order valence-corrected chi connectivity index (χ2v) is 5.14. The lowest BCUT2D eigenvalue weighted by Gasteiger charge is -2.20. The van der Waals surface area contributed by atoms with Crippen LogP contribution in [0.5, 0.6) is 5.75 Å². The Bertz CT molecular complexity index is 352. The molecule has 0 spiro atoms. The SMILES string of the molecule is CC(C)(C)NCc1ccc2c(c1)CCO2. The summed E-state index contributed by atoms with van der Waals surface area (Å²) < 4.78 is 5.48. The Labute approximate surface area is 91.6 Å². The van der Waals surface area contributed by atoms with Crippen molar-refractivity contribution in [1.29, 1.82) is 0 Å². The van der Waals surface area contributed by atoms with Crippen molar-refractivity contribution in [1.82, 2.24) is 5.32 Å². The van der Waals surface area contributed by atoms with Crippen LogP contribution in [0.3, 0.4) is 0 Å². The zero-order valence-electron chi connectivity index (χ0n) is 9.76. The molecule has 0 amide bonds. The first-order valence-corrected chi connectivity index (χ1v) is 5.54. The second kappa shape index (κ2) is 3.86. The molecule has 2 heteroatoms. The van der Waals surface area contributed by atoms with Crippen molar-refractivity contribution >= 4 is 0 Å². The molecule has 0 saturated heterocycles. The third kappa shape index (κ3) is 2.72. The van der Waals surface area contributed by atoms with Gasteiger partial charge < -0.3 is 10.1 Å². The number of hydrogen-bond acceptors (Lipinski definition) is 2. The lowest BCUT2D eigenvalue weighted by molar-refractivity contribution is 0.356. The molecular weight excluding hydrogens is 186 g/mol. The van der Waals surface area contributed by atoms with Gasteiger partial charge in [-0.3, -0.25) is 0 Å². The van der Waals surface area contributed by atoms with Crippen molar-refractivity contribution in [2.24, 2.45) is 0 Å². The molecule has 1 aromatic carbocycles. The summed E-state index contributed by atoms with van der Waals surface area (Å²) in [6.45, 7) is 8.32. The third-order valence-corrected chi connectivity index (χ3v) is 2.58. The van der Waals surface area contributed by atoms with Gasteiger partial charge in [0.2, 0.25) is 0 Å². The first-order chi connectivity index (χ1) is 7.04. The fourth-order valence-corrected chi connectivity index (χ4v) is 1.72. The molecule has 1 aliphatic rings. The first kappa shape index (κ1) is 10.5. The maximum Gasteiger partial charge on any atom is 0.122 e. The summed E-state index contributed by atoms with van der Waals surface area (Å²) in [5.74, 6) is 1.06. The topological polar surface area (TPSA) is 21.3 Å². The number of rotatable bonds is 2. The van der Waals surface area contributed by atoms with Gasteiger partial charge >= 0.3 is 0 Å². The van der Waals surface area contributed by atoms with E-state index in [0.29, 0.717) is 0 Å². The number of hydrogen-bond donors (Lipinski definition) is 1. The largest absolute Gasteiger partial charge is 0.493 e. The average Bonchev–Trinajstić information content (AvgIpc) is 2.60. The van der Waals surface area contributed by atoms with Gasteiger partial charge in [0, 0.05) is 18.5 Å². The van der Waals surface area contributed by atoms with Crippen molar-refractivity contribution in [2.75, 3.05) is 6.61 Å². The van der Waals surface area contributed by atoms with E-state index >= 15 is 0 Å². The van der Waals surface area contributed by atoms with Gasteiger partial charge in [-0.1, -0.05) is 12.1 Å². The van der Waals surface area contributed by atoms with Crippen LogP contribution in [0.15, 0.2) is 18.2 Å². The molecule has 1 N–H and O–H groups in total. The molecule has 2 nitrogen and oxygen atoms in total. The van der Waals surface area contributed by atoms with Gasteiger partial charge in [0.1, 0.15) is 5.75 Å². The van der Waals surface area contributed by atoms with Crippen LogP contribution in [0.4, 0.5) is 0 Å². The Kier molecular flexibility index (Phi) is 2.70. The lowest BCUT2D eigenvalue weighted by atomic mass is 10.1. The normalized spacial score (nSPS) is 14.9. The van der Waals surface area contributed by atoms with Gasteiger partial charge in [-0.15, -0.1) is 0 Å². The number of ether oxygens (including phenoxy) is 1. The van der Waals surface area contributed by atoms with Gasteiger partial charge in [0.15, 0.2) is 0 Å². The van der Waals surface area contributed by atoms with Crippen LogP contribution in [0.25, 0.3) is 0 Å². The Morgan fingerprint density at radius 1 is 1.33 bits per heavy atom. The molecule has 1 aliphatic heterocycles. The maximum absolute atomic E-state index is 5.48. The monoisotopic (exact) mass is 205 g/mol. The minimum atomic E-state index is 0.176. The van der Waals surface area contributed by atoms with E-state index in [1.807, 2.05) is 0 Å². The van der Waals surface area contributed by atoms with Crippen LogP contribution in [0, 0.1) is 0 Å². The predicted molar refractivity (Wildman–Crippen MR) is 62.2 cm³/mol. The third-order valence-electron chi connectivity index (χ3n) is 2.58. The van der Waals surface area contributed by atoms with E-state index in [9.17, 15) is 0 Å². The summed E-state index contributed by atoms with van der Waals surface area (Å²) in [6, 6.07) is 6.48. The van der Waals surface area contributed by atoms with E-state index < -0.39 is 0 Å². The van der Waals surface area contributed by atoms with E-state index in [2.05, 4.69) is 44.3 Å². The molecule has 0 aliphatic carbocycles. The zero-order valence-corrected chi connectivity index (χ0v) is 9.76. The fourth-order valence-electron chi connectivity index (χ4n) is 1.72. The first-order valence-electron chi connectivity index (χ1n) is 5.54. The average molecular weight is 205 g/mol. The molecule has 0 saturated carbocycles. The summed E-state index contributed by atoms with van der Waals surface area (Å²) in [5.41, 5.74) is 2.87. The number of fused-ring (bicyclic) bond motifs is 1. The summed E-state index contributed by atoms with van der Waals surface area (Å²) in [7, 11) is 0. The Morgan fingerprint density at radius 2 is 2.13 bits per heavy atom. The fraction of sp³-hybridized carbons (Fsp3) is 0.538. The smallest absolute Gasteiger partial charge is 0.122 e. The summed E-state index contributed by atoms with van der Waals surface area (Å²) in [6.07, 6.45) is 1.05. The van der Waals surface area contributed by atoms with E-state index in [-0.39, 0.29) is 5.54 Å². The summed E-state index contributed by atoms with van der Waals surface area (Å²) in [5, 5.41) is 3.49. The Morgan fingerprint density at radius 3 is 2.87 bits per heavy atom. The van der Waals surface area contributed by atoms with Crippen molar-refractivity contribution in [3.8, 4) is 5.75 Å². The van der Waals surface area contributed by atoms with Crippen LogP contribution in [0.1, 0.15) is 31.9 Å². The van der Waals surface area contributed by atoms with Crippen molar-refractivity contribution in [2.45, 2.75) is 39.3 Å². The molecule has 0 aromatic heterocycles. The van der Waals surface area contributed by atoms with Crippen LogP contribution in [-0.4, -0.2) is 12.1 Å². The minimum Gasteiger partial charge on any atom is -0.493 e.